The molecule has 0 aliphatic rings. The lowest BCUT2D eigenvalue weighted by Crippen LogP contribution is -2.18. The number of carboxylic acid groups (broad SMARTS) is 1. The Balaban J connectivity index is 3.05. The van der Waals surface area contributed by atoms with Gasteiger partial charge < -0.3 is 5.11 Å². The number of hydrogen-bond acceptors (Lipinski definition) is 1. The largest absolute Gasteiger partial charge is 0.481 e. The van der Waals surface area contributed by atoms with Crippen molar-refractivity contribution >= 4 is 5.97 Å². The fourth-order valence-electron chi connectivity index (χ4n) is 1.20. The highest BCUT2D eigenvalue weighted by Crippen LogP contribution is 2.35. The zero-order valence-corrected chi connectivity index (χ0v) is 8.31. The summed E-state index contributed by atoms with van der Waals surface area (Å²) in [6, 6.07) is 0.0336. The SMILES string of the molecule is O=C(O)CCC(F)(F)c1cc(F)c(F)cc1F. The number of rotatable bonds is 4. The van der Waals surface area contributed by atoms with Gasteiger partial charge in [0.25, 0.3) is 5.92 Å². The van der Waals surface area contributed by atoms with Crippen LogP contribution in [0.1, 0.15) is 18.4 Å². The molecular weight excluding hydrogens is 247 g/mol. The van der Waals surface area contributed by atoms with E-state index in [2.05, 4.69) is 0 Å². The Morgan fingerprint density at radius 2 is 1.65 bits per heavy atom. The van der Waals surface area contributed by atoms with Gasteiger partial charge in [-0.25, -0.2) is 22.0 Å². The summed E-state index contributed by atoms with van der Waals surface area (Å²) in [7, 11) is 0. The van der Waals surface area contributed by atoms with Gasteiger partial charge in [-0.2, -0.15) is 0 Å². The number of halogens is 5. The molecular formula is C10H7F5O2. The van der Waals surface area contributed by atoms with Crippen LogP contribution < -0.4 is 0 Å². The monoisotopic (exact) mass is 254 g/mol. The molecule has 0 aliphatic heterocycles. The Morgan fingerprint density at radius 1 is 1.12 bits per heavy atom. The smallest absolute Gasteiger partial charge is 0.303 e. The van der Waals surface area contributed by atoms with E-state index in [1.165, 1.54) is 0 Å². The zero-order valence-electron chi connectivity index (χ0n) is 8.31. The lowest BCUT2D eigenvalue weighted by molar-refractivity contribution is -0.139. The molecule has 0 amide bonds. The molecule has 0 fully saturated rings. The minimum atomic E-state index is -3.86. The zero-order chi connectivity index (χ0) is 13.2. The van der Waals surface area contributed by atoms with Gasteiger partial charge in [-0.3, -0.25) is 4.79 Å². The summed E-state index contributed by atoms with van der Waals surface area (Å²) in [4.78, 5) is 10.1. The van der Waals surface area contributed by atoms with E-state index in [9.17, 15) is 26.7 Å². The second-order valence-corrected chi connectivity index (χ2v) is 3.34. The van der Waals surface area contributed by atoms with Gasteiger partial charge in [0, 0.05) is 12.5 Å². The molecule has 0 aromatic heterocycles. The van der Waals surface area contributed by atoms with Crippen molar-refractivity contribution in [1.82, 2.24) is 0 Å². The summed E-state index contributed by atoms with van der Waals surface area (Å²) in [5, 5.41) is 8.23. The highest BCUT2D eigenvalue weighted by molar-refractivity contribution is 5.66. The number of aliphatic carboxylic acids is 1. The van der Waals surface area contributed by atoms with E-state index in [0.717, 1.165) is 0 Å². The Labute approximate surface area is 92.7 Å². The summed E-state index contributed by atoms with van der Waals surface area (Å²) >= 11 is 0. The predicted octanol–water partition coefficient (Wildman–Crippen LogP) is 3.06. The highest BCUT2D eigenvalue weighted by atomic mass is 19.3. The third-order valence-corrected chi connectivity index (χ3v) is 2.06. The normalized spacial score (nSPS) is 11.6. The maximum Gasteiger partial charge on any atom is 0.303 e. The summed E-state index contributed by atoms with van der Waals surface area (Å²) in [6.45, 7) is 0. The van der Waals surface area contributed by atoms with Gasteiger partial charge in [0.15, 0.2) is 11.6 Å². The fraction of sp³-hybridized carbons (Fsp3) is 0.300. The molecule has 1 aromatic rings. The molecule has 17 heavy (non-hydrogen) atoms. The third-order valence-electron chi connectivity index (χ3n) is 2.06. The Kier molecular flexibility index (Phi) is 3.69. The van der Waals surface area contributed by atoms with Crippen molar-refractivity contribution in [2.75, 3.05) is 0 Å². The van der Waals surface area contributed by atoms with Crippen molar-refractivity contribution in [1.29, 1.82) is 0 Å². The number of hydrogen-bond donors (Lipinski definition) is 1. The van der Waals surface area contributed by atoms with E-state index in [0.29, 0.717) is 0 Å². The van der Waals surface area contributed by atoms with Crippen LogP contribution in [0.4, 0.5) is 22.0 Å². The predicted molar refractivity (Wildman–Crippen MR) is 47.1 cm³/mol. The van der Waals surface area contributed by atoms with Crippen LogP contribution >= 0.6 is 0 Å². The third kappa shape index (κ3) is 3.15. The maximum absolute atomic E-state index is 13.3. The molecule has 1 N–H and O–H groups in total. The molecule has 0 saturated carbocycles. The molecule has 0 heterocycles. The van der Waals surface area contributed by atoms with E-state index in [1.807, 2.05) is 0 Å². The fourth-order valence-corrected chi connectivity index (χ4v) is 1.20. The van der Waals surface area contributed by atoms with Gasteiger partial charge in [0.1, 0.15) is 5.82 Å². The standard InChI is InChI=1S/C10H7F5O2/c11-6-4-8(13)7(12)3-5(6)10(14,15)2-1-9(16)17/h3-4H,1-2H2,(H,16,17). The van der Waals surface area contributed by atoms with Crippen molar-refractivity contribution < 1.29 is 31.9 Å². The molecule has 0 spiro atoms. The van der Waals surface area contributed by atoms with Crippen molar-refractivity contribution in [2.24, 2.45) is 0 Å². The highest BCUT2D eigenvalue weighted by Gasteiger charge is 2.36. The van der Waals surface area contributed by atoms with Crippen LogP contribution in [0, 0.1) is 17.5 Å². The van der Waals surface area contributed by atoms with E-state index >= 15 is 0 Å². The first-order valence-electron chi connectivity index (χ1n) is 4.48. The maximum atomic E-state index is 13.3. The topological polar surface area (TPSA) is 37.3 Å². The lowest BCUT2D eigenvalue weighted by Gasteiger charge is -2.16. The van der Waals surface area contributed by atoms with Gasteiger partial charge in [-0.05, 0) is 6.07 Å². The van der Waals surface area contributed by atoms with Gasteiger partial charge in [0.2, 0.25) is 0 Å². The van der Waals surface area contributed by atoms with E-state index in [4.69, 9.17) is 5.11 Å². The first-order chi connectivity index (χ1) is 7.74. The molecule has 2 nitrogen and oxygen atoms in total. The van der Waals surface area contributed by atoms with Gasteiger partial charge in [-0.1, -0.05) is 0 Å². The minimum Gasteiger partial charge on any atom is -0.481 e. The van der Waals surface area contributed by atoms with Gasteiger partial charge in [0.05, 0.1) is 12.0 Å². The molecule has 1 rings (SSSR count). The van der Waals surface area contributed by atoms with Gasteiger partial charge in [-0.15, -0.1) is 0 Å². The van der Waals surface area contributed by atoms with Gasteiger partial charge >= 0.3 is 5.97 Å². The van der Waals surface area contributed by atoms with Crippen molar-refractivity contribution in [3.63, 3.8) is 0 Å². The summed E-state index contributed by atoms with van der Waals surface area (Å²) in [5.74, 6) is -10.2. The van der Waals surface area contributed by atoms with Crippen LogP contribution in [0.3, 0.4) is 0 Å². The second kappa shape index (κ2) is 4.68. The van der Waals surface area contributed by atoms with Crippen LogP contribution in [0.15, 0.2) is 12.1 Å². The molecule has 0 radical (unpaired) electrons. The molecule has 0 saturated heterocycles. The van der Waals surface area contributed by atoms with Crippen molar-refractivity contribution in [3.8, 4) is 0 Å². The molecule has 0 bridgehead atoms. The van der Waals surface area contributed by atoms with Crippen LogP contribution in [-0.2, 0) is 10.7 Å². The number of alkyl halides is 2. The van der Waals surface area contributed by atoms with Crippen molar-refractivity contribution in [3.05, 3.63) is 35.1 Å². The molecule has 1 aromatic carbocycles. The van der Waals surface area contributed by atoms with Crippen LogP contribution in [0.5, 0.6) is 0 Å². The quantitative estimate of drug-likeness (QED) is 0.662. The molecule has 94 valence electrons. The number of carbonyl (C=O) groups is 1. The lowest BCUT2D eigenvalue weighted by atomic mass is 10.0. The Bertz CT molecular complexity index is 445. The van der Waals surface area contributed by atoms with E-state index in [1.54, 1.807) is 0 Å². The number of carboxylic acids is 1. The average molecular weight is 254 g/mol. The first-order valence-corrected chi connectivity index (χ1v) is 4.48. The molecule has 0 aliphatic carbocycles. The van der Waals surface area contributed by atoms with Crippen LogP contribution in [0.2, 0.25) is 0 Å². The van der Waals surface area contributed by atoms with Crippen LogP contribution in [0.25, 0.3) is 0 Å². The Morgan fingerprint density at radius 3 is 2.18 bits per heavy atom. The minimum absolute atomic E-state index is 0.000651. The summed E-state index contributed by atoms with van der Waals surface area (Å²) < 4.78 is 64.8. The number of benzene rings is 1. The Hall–Kier alpha value is -1.66. The molecule has 7 heteroatoms. The first kappa shape index (κ1) is 13.4. The van der Waals surface area contributed by atoms with Crippen molar-refractivity contribution in [2.45, 2.75) is 18.8 Å². The van der Waals surface area contributed by atoms with Crippen LogP contribution in [-0.4, -0.2) is 11.1 Å². The summed E-state index contributed by atoms with van der Waals surface area (Å²) in [5.41, 5.74) is -1.35. The summed E-state index contributed by atoms with van der Waals surface area (Å²) in [6.07, 6.45) is -2.10. The van der Waals surface area contributed by atoms with E-state index in [-0.39, 0.29) is 12.1 Å². The average Bonchev–Trinajstić information content (AvgIpc) is 2.20. The second-order valence-electron chi connectivity index (χ2n) is 3.34. The van der Waals surface area contributed by atoms with E-state index < -0.39 is 47.7 Å². The molecule has 0 unspecified atom stereocenters. The molecule has 0 atom stereocenters.